The standard InChI is InChI=1S/C30H27FN2O4S/c1-16-6-9-18(30(2,3)4)14-21(16)26(34)24-25(17-7-11-20(37-5)12-8-17)33(28(36)27(24)35)29-32-22-13-10-19(31)15-23(22)38-29/h6-15,25,34H,1-5H3/b26-24+. The van der Waals surface area contributed by atoms with Crippen molar-refractivity contribution in [1.29, 1.82) is 0 Å². The van der Waals surface area contributed by atoms with Gasteiger partial charge in [-0.3, -0.25) is 14.5 Å². The highest BCUT2D eigenvalue weighted by atomic mass is 32.1. The van der Waals surface area contributed by atoms with Crippen LogP contribution in [0.3, 0.4) is 0 Å². The van der Waals surface area contributed by atoms with Gasteiger partial charge in [0.25, 0.3) is 5.78 Å². The minimum absolute atomic E-state index is 0.0280. The molecule has 38 heavy (non-hydrogen) atoms. The van der Waals surface area contributed by atoms with Crippen molar-refractivity contribution in [2.45, 2.75) is 39.2 Å². The van der Waals surface area contributed by atoms with E-state index in [4.69, 9.17) is 4.74 Å². The molecule has 0 saturated carbocycles. The Bertz CT molecular complexity index is 1620. The van der Waals surface area contributed by atoms with E-state index in [9.17, 15) is 19.1 Å². The maximum absolute atomic E-state index is 13.9. The van der Waals surface area contributed by atoms with Crippen LogP contribution in [0, 0.1) is 12.7 Å². The molecule has 1 aromatic heterocycles. The third-order valence-electron chi connectivity index (χ3n) is 6.78. The molecule has 1 amide bonds. The van der Waals surface area contributed by atoms with Crippen molar-refractivity contribution in [1.82, 2.24) is 4.98 Å². The molecule has 194 valence electrons. The van der Waals surface area contributed by atoms with Crippen molar-refractivity contribution in [3.8, 4) is 5.75 Å². The van der Waals surface area contributed by atoms with Crippen LogP contribution >= 0.6 is 11.3 Å². The molecule has 1 fully saturated rings. The molecule has 1 N–H and O–H groups in total. The number of fused-ring (bicyclic) bond motifs is 1. The molecule has 3 aromatic carbocycles. The van der Waals surface area contributed by atoms with Gasteiger partial charge in [0.15, 0.2) is 5.13 Å². The number of aryl methyl sites for hydroxylation is 1. The number of benzene rings is 3. The summed E-state index contributed by atoms with van der Waals surface area (Å²) in [5, 5.41) is 11.9. The number of methoxy groups -OCH3 is 1. The van der Waals surface area contributed by atoms with Gasteiger partial charge in [0.05, 0.1) is 28.9 Å². The first-order valence-corrected chi connectivity index (χ1v) is 12.9. The zero-order valence-electron chi connectivity index (χ0n) is 21.7. The molecule has 2 heterocycles. The van der Waals surface area contributed by atoms with Crippen molar-refractivity contribution in [2.75, 3.05) is 12.0 Å². The summed E-state index contributed by atoms with van der Waals surface area (Å²) in [5.41, 5.74) is 3.12. The maximum Gasteiger partial charge on any atom is 0.301 e. The number of carbonyl (C=O) groups excluding carboxylic acids is 2. The Morgan fingerprint density at radius 1 is 1.05 bits per heavy atom. The van der Waals surface area contributed by atoms with Gasteiger partial charge in [0, 0.05) is 5.56 Å². The molecule has 0 aliphatic carbocycles. The number of hydrogen-bond donors (Lipinski definition) is 1. The van der Waals surface area contributed by atoms with Gasteiger partial charge >= 0.3 is 5.91 Å². The van der Waals surface area contributed by atoms with E-state index in [2.05, 4.69) is 25.8 Å². The van der Waals surface area contributed by atoms with E-state index in [1.165, 1.54) is 23.1 Å². The smallest absolute Gasteiger partial charge is 0.301 e. The van der Waals surface area contributed by atoms with Crippen LogP contribution < -0.4 is 9.64 Å². The van der Waals surface area contributed by atoms with Gasteiger partial charge in [-0.25, -0.2) is 9.37 Å². The number of nitrogens with zero attached hydrogens (tertiary/aromatic N) is 2. The lowest BCUT2D eigenvalue weighted by atomic mass is 9.84. The number of thiazole rings is 1. The molecule has 1 atom stereocenters. The molecule has 6 nitrogen and oxygen atoms in total. The highest BCUT2D eigenvalue weighted by Crippen LogP contribution is 2.45. The van der Waals surface area contributed by atoms with Crippen LogP contribution in [0.25, 0.3) is 16.0 Å². The average Bonchev–Trinajstić information content (AvgIpc) is 3.40. The quantitative estimate of drug-likeness (QED) is 0.181. The average molecular weight is 531 g/mol. The van der Waals surface area contributed by atoms with Gasteiger partial charge in [0.2, 0.25) is 0 Å². The molecule has 1 aliphatic rings. The fourth-order valence-corrected chi connectivity index (χ4v) is 5.63. The summed E-state index contributed by atoms with van der Waals surface area (Å²) < 4.78 is 19.7. The van der Waals surface area contributed by atoms with E-state index >= 15 is 0 Å². The fourth-order valence-electron chi connectivity index (χ4n) is 4.61. The monoisotopic (exact) mass is 530 g/mol. The van der Waals surface area contributed by atoms with Gasteiger partial charge in [-0.1, -0.05) is 56.4 Å². The van der Waals surface area contributed by atoms with E-state index in [0.29, 0.717) is 27.1 Å². The summed E-state index contributed by atoms with van der Waals surface area (Å²) in [6.07, 6.45) is 0. The van der Waals surface area contributed by atoms with Crippen molar-refractivity contribution >= 4 is 44.1 Å². The number of rotatable bonds is 4. The summed E-state index contributed by atoms with van der Waals surface area (Å²) in [7, 11) is 1.55. The first kappa shape index (κ1) is 25.6. The Hall–Kier alpha value is -4.04. The predicted octanol–water partition coefficient (Wildman–Crippen LogP) is 6.68. The zero-order chi connectivity index (χ0) is 27.4. The first-order valence-electron chi connectivity index (χ1n) is 12.1. The molecule has 0 spiro atoms. The SMILES string of the molecule is COc1ccc(C2/C(=C(\O)c3cc(C(C)(C)C)ccc3C)C(=O)C(=O)N2c2nc3ccc(F)cc3s2)cc1. The number of carbonyl (C=O) groups is 2. The Kier molecular flexibility index (Phi) is 6.31. The Morgan fingerprint density at radius 3 is 2.42 bits per heavy atom. The van der Waals surface area contributed by atoms with Gasteiger partial charge in [-0.05, 0) is 65.4 Å². The number of aliphatic hydroxyl groups excluding tert-OH is 1. The van der Waals surface area contributed by atoms with Crippen LogP contribution in [0.5, 0.6) is 5.75 Å². The second-order valence-corrected chi connectivity index (χ2v) is 11.3. The Labute approximate surface area is 224 Å². The minimum atomic E-state index is -0.941. The van der Waals surface area contributed by atoms with Crippen molar-refractivity contribution in [2.24, 2.45) is 0 Å². The largest absolute Gasteiger partial charge is 0.507 e. The van der Waals surface area contributed by atoms with E-state index in [-0.39, 0.29) is 21.9 Å². The normalized spacial score (nSPS) is 17.4. The van der Waals surface area contributed by atoms with Crippen LogP contribution in [0.4, 0.5) is 9.52 Å². The molecule has 1 saturated heterocycles. The second-order valence-electron chi connectivity index (χ2n) is 10.3. The number of ketones is 1. The Balaban J connectivity index is 1.74. The van der Waals surface area contributed by atoms with Crippen molar-refractivity contribution in [3.05, 3.63) is 94.3 Å². The number of Topliss-reactive ketones (excluding diaryl/α,β-unsaturated/α-hetero) is 1. The van der Waals surface area contributed by atoms with Crippen LogP contribution in [0.15, 0.2) is 66.2 Å². The highest BCUT2D eigenvalue weighted by Gasteiger charge is 2.48. The second kappa shape index (κ2) is 9.36. The molecule has 0 radical (unpaired) electrons. The number of anilines is 1. The third-order valence-corrected chi connectivity index (χ3v) is 7.80. The van der Waals surface area contributed by atoms with Crippen molar-refractivity contribution < 1.29 is 23.8 Å². The molecular formula is C30H27FN2O4S. The number of hydrogen-bond acceptors (Lipinski definition) is 6. The van der Waals surface area contributed by atoms with E-state index in [0.717, 1.165) is 22.5 Å². The summed E-state index contributed by atoms with van der Waals surface area (Å²) in [6.45, 7) is 8.04. The third kappa shape index (κ3) is 4.35. The minimum Gasteiger partial charge on any atom is -0.507 e. The lowest BCUT2D eigenvalue weighted by Crippen LogP contribution is -2.29. The topological polar surface area (TPSA) is 79.7 Å². The number of ether oxygens (including phenoxy) is 1. The molecule has 1 aliphatic heterocycles. The summed E-state index contributed by atoms with van der Waals surface area (Å²) in [4.78, 5) is 32.9. The molecule has 5 rings (SSSR count). The lowest BCUT2D eigenvalue weighted by molar-refractivity contribution is -0.132. The van der Waals surface area contributed by atoms with Gasteiger partial charge in [-0.2, -0.15) is 0 Å². The molecule has 4 aromatic rings. The number of aromatic nitrogens is 1. The molecule has 8 heteroatoms. The molecular weight excluding hydrogens is 503 g/mol. The summed E-state index contributed by atoms with van der Waals surface area (Å²) in [5.74, 6) is -1.68. The van der Waals surface area contributed by atoms with E-state index in [1.807, 2.05) is 25.1 Å². The number of aliphatic hydroxyl groups is 1. The number of halogens is 1. The zero-order valence-corrected chi connectivity index (χ0v) is 22.5. The first-order chi connectivity index (χ1) is 18.0. The van der Waals surface area contributed by atoms with E-state index in [1.54, 1.807) is 31.4 Å². The molecule has 1 unspecified atom stereocenters. The van der Waals surface area contributed by atoms with Crippen LogP contribution in [-0.4, -0.2) is 28.9 Å². The number of amides is 1. The Morgan fingerprint density at radius 2 is 1.76 bits per heavy atom. The fraction of sp³-hybridized carbons (Fsp3) is 0.233. The van der Waals surface area contributed by atoms with Gasteiger partial charge in [0.1, 0.15) is 17.3 Å². The van der Waals surface area contributed by atoms with E-state index < -0.39 is 23.5 Å². The summed E-state index contributed by atoms with van der Waals surface area (Å²) in [6, 6.07) is 16.0. The van der Waals surface area contributed by atoms with Crippen LogP contribution in [0.1, 0.15) is 49.1 Å². The maximum atomic E-state index is 13.9. The highest BCUT2D eigenvalue weighted by molar-refractivity contribution is 7.22. The van der Waals surface area contributed by atoms with Crippen LogP contribution in [0.2, 0.25) is 0 Å². The van der Waals surface area contributed by atoms with Crippen LogP contribution in [-0.2, 0) is 15.0 Å². The summed E-state index contributed by atoms with van der Waals surface area (Å²) >= 11 is 1.11. The van der Waals surface area contributed by atoms with Gasteiger partial charge in [-0.15, -0.1) is 0 Å². The molecule has 0 bridgehead atoms. The lowest BCUT2D eigenvalue weighted by Gasteiger charge is -2.24. The van der Waals surface area contributed by atoms with Gasteiger partial charge < -0.3 is 9.84 Å². The predicted molar refractivity (Wildman–Crippen MR) is 147 cm³/mol. The van der Waals surface area contributed by atoms with Crippen molar-refractivity contribution in [3.63, 3.8) is 0 Å².